The number of pyridine rings is 1. The third kappa shape index (κ3) is 3.07. The molecule has 3 aromatic rings. The fourth-order valence-electron chi connectivity index (χ4n) is 3.44. The van der Waals surface area contributed by atoms with Crippen LogP contribution in [0.3, 0.4) is 0 Å². The summed E-state index contributed by atoms with van der Waals surface area (Å²) in [6.07, 6.45) is 5.62. The molecule has 126 valence electrons. The number of hydrogen-bond donors (Lipinski definition) is 1. The van der Waals surface area contributed by atoms with Crippen LogP contribution in [0.25, 0.3) is 11.1 Å². The maximum Gasteiger partial charge on any atom is 0.224 e. The summed E-state index contributed by atoms with van der Waals surface area (Å²) >= 11 is 0. The van der Waals surface area contributed by atoms with Crippen LogP contribution < -0.4 is 5.32 Å². The van der Waals surface area contributed by atoms with Gasteiger partial charge in [0.1, 0.15) is 0 Å². The van der Waals surface area contributed by atoms with E-state index in [0.717, 1.165) is 35.2 Å². The van der Waals surface area contributed by atoms with Crippen LogP contribution in [0.15, 0.2) is 60.9 Å². The van der Waals surface area contributed by atoms with Crippen molar-refractivity contribution in [2.75, 3.05) is 5.32 Å². The number of hydrogen-bond acceptors (Lipinski definition) is 3. The smallest absolute Gasteiger partial charge is 0.224 e. The first-order chi connectivity index (χ1) is 12.7. The van der Waals surface area contributed by atoms with Gasteiger partial charge in [0.05, 0.1) is 11.6 Å². The highest BCUT2D eigenvalue weighted by molar-refractivity contribution is 5.95. The van der Waals surface area contributed by atoms with Crippen LogP contribution in [0, 0.1) is 11.3 Å². The number of aromatic nitrogens is 1. The third-order valence-corrected chi connectivity index (χ3v) is 4.74. The molecule has 0 saturated carbocycles. The maximum atomic E-state index is 11.8. The number of nitrogens with zero attached hydrogens (tertiary/aromatic N) is 2. The number of anilines is 1. The number of amides is 1. The lowest BCUT2D eigenvalue weighted by molar-refractivity contribution is -0.116. The van der Waals surface area contributed by atoms with Gasteiger partial charge in [-0.1, -0.05) is 24.3 Å². The number of nitrogens with one attached hydrogen (secondary N) is 1. The highest BCUT2D eigenvalue weighted by Crippen LogP contribution is 2.35. The Balaban J connectivity index is 1.82. The van der Waals surface area contributed by atoms with Gasteiger partial charge < -0.3 is 5.32 Å². The summed E-state index contributed by atoms with van der Waals surface area (Å²) < 4.78 is 0. The molecule has 4 heteroatoms. The fraction of sp³-hybridized carbons (Fsp3) is 0.136. The van der Waals surface area contributed by atoms with E-state index in [1.54, 1.807) is 6.20 Å². The molecule has 4 rings (SSSR count). The number of rotatable bonds is 3. The van der Waals surface area contributed by atoms with Gasteiger partial charge in [-0.15, -0.1) is 0 Å². The van der Waals surface area contributed by atoms with E-state index in [4.69, 9.17) is 5.26 Å². The molecule has 1 N–H and O–H groups in total. The van der Waals surface area contributed by atoms with Crippen molar-refractivity contribution >= 4 is 11.6 Å². The van der Waals surface area contributed by atoms with Crippen molar-refractivity contribution in [2.24, 2.45) is 0 Å². The minimum atomic E-state index is 0.0657. The Morgan fingerprint density at radius 3 is 2.65 bits per heavy atom. The quantitative estimate of drug-likeness (QED) is 0.781. The van der Waals surface area contributed by atoms with Gasteiger partial charge in [-0.3, -0.25) is 9.78 Å². The second-order valence-corrected chi connectivity index (χ2v) is 6.39. The van der Waals surface area contributed by atoms with E-state index in [0.29, 0.717) is 12.0 Å². The van der Waals surface area contributed by atoms with Gasteiger partial charge in [-0.2, -0.15) is 5.26 Å². The fourth-order valence-corrected chi connectivity index (χ4v) is 3.44. The van der Waals surface area contributed by atoms with Crippen LogP contribution in [0.2, 0.25) is 0 Å². The molecule has 1 aliphatic rings. The summed E-state index contributed by atoms with van der Waals surface area (Å²) in [5, 5.41) is 12.0. The number of nitriles is 1. The first-order valence-corrected chi connectivity index (χ1v) is 8.58. The van der Waals surface area contributed by atoms with E-state index in [2.05, 4.69) is 28.5 Å². The molecule has 2 heterocycles. The summed E-state index contributed by atoms with van der Waals surface area (Å²) in [7, 11) is 0. The topological polar surface area (TPSA) is 65.8 Å². The lowest BCUT2D eigenvalue weighted by atomic mass is 9.87. The van der Waals surface area contributed by atoms with Crippen LogP contribution in [-0.4, -0.2) is 10.9 Å². The van der Waals surface area contributed by atoms with Crippen LogP contribution >= 0.6 is 0 Å². The van der Waals surface area contributed by atoms with Gasteiger partial charge in [-0.05, 0) is 59.4 Å². The average molecular weight is 339 g/mol. The molecule has 0 unspecified atom stereocenters. The van der Waals surface area contributed by atoms with Crippen LogP contribution in [-0.2, 0) is 17.6 Å². The number of benzene rings is 2. The van der Waals surface area contributed by atoms with Crippen molar-refractivity contribution < 1.29 is 4.79 Å². The van der Waals surface area contributed by atoms with Gasteiger partial charge in [0, 0.05) is 30.1 Å². The second kappa shape index (κ2) is 6.81. The zero-order valence-electron chi connectivity index (χ0n) is 14.2. The third-order valence-electron chi connectivity index (χ3n) is 4.74. The first kappa shape index (κ1) is 16.0. The van der Waals surface area contributed by atoms with Crippen molar-refractivity contribution in [3.8, 4) is 17.2 Å². The normalized spacial score (nSPS) is 12.8. The Morgan fingerprint density at radius 2 is 1.92 bits per heavy atom. The van der Waals surface area contributed by atoms with E-state index in [1.165, 1.54) is 11.1 Å². The zero-order valence-corrected chi connectivity index (χ0v) is 14.2. The van der Waals surface area contributed by atoms with E-state index < -0.39 is 0 Å². The molecule has 0 fully saturated rings. The summed E-state index contributed by atoms with van der Waals surface area (Å²) in [4.78, 5) is 16.0. The molecule has 0 bridgehead atoms. The van der Waals surface area contributed by atoms with Gasteiger partial charge in [0.15, 0.2) is 0 Å². The van der Waals surface area contributed by atoms with E-state index >= 15 is 0 Å². The standard InChI is InChI=1S/C22H17N3O/c23-13-16-5-3-15(4-6-16)12-20-18(17-2-1-11-24-14-17)7-9-21-19(20)8-10-22(26)25-21/h1-7,9,11,14H,8,10,12H2,(H,25,26). The monoisotopic (exact) mass is 339 g/mol. The Bertz CT molecular complexity index is 1000. The van der Waals surface area contributed by atoms with Crippen LogP contribution in [0.5, 0.6) is 0 Å². The number of carbonyl (C=O) groups excluding carboxylic acids is 1. The van der Waals surface area contributed by atoms with E-state index in [-0.39, 0.29) is 5.91 Å². The van der Waals surface area contributed by atoms with Crippen molar-refractivity contribution in [3.63, 3.8) is 0 Å². The first-order valence-electron chi connectivity index (χ1n) is 8.58. The summed E-state index contributed by atoms with van der Waals surface area (Å²) in [6.45, 7) is 0. The molecule has 2 aromatic carbocycles. The van der Waals surface area contributed by atoms with Crippen LogP contribution in [0.1, 0.15) is 28.7 Å². The Morgan fingerprint density at radius 1 is 1.08 bits per heavy atom. The Hall–Kier alpha value is -3.45. The number of carbonyl (C=O) groups is 1. The van der Waals surface area contributed by atoms with Crippen molar-refractivity contribution in [1.29, 1.82) is 5.26 Å². The Kier molecular flexibility index (Phi) is 4.20. The SMILES string of the molecule is N#Cc1ccc(Cc2c(-c3cccnc3)ccc3c2CCC(=O)N3)cc1. The summed E-state index contributed by atoms with van der Waals surface area (Å²) in [6, 6.07) is 17.9. The highest BCUT2D eigenvalue weighted by Gasteiger charge is 2.21. The Labute approximate surface area is 152 Å². The zero-order chi connectivity index (χ0) is 17.9. The number of fused-ring (bicyclic) bond motifs is 1. The van der Waals surface area contributed by atoms with Gasteiger partial charge in [-0.25, -0.2) is 0 Å². The molecular weight excluding hydrogens is 322 g/mol. The predicted octanol–water partition coefficient (Wildman–Crippen LogP) is 4.10. The van der Waals surface area contributed by atoms with Crippen LogP contribution in [0.4, 0.5) is 5.69 Å². The van der Waals surface area contributed by atoms with Gasteiger partial charge in [0.2, 0.25) is 5.91 Å². The molecule has 4 nitrogen and oxygen atoms in total. The average Bonchev–Trinajstić information content (AvgIpc) is 2.69. The molecule has 1 amide bonds. The second-order valence-electron chi connectivity index (χ2n) is 6.39. The van der Waals surface area contributed by atoms with Gasteiger partial charge in [0.25, 0.3) is 0 Å². The van der Waals surface area contributed by atoms with E-state index in [1.807, 2.05) is 42.6 Å². The molecule has 0 atom stereocenters. The molecule has 0 saturated heterocycles. The largest absolute Gasteiger partial charge is 0.326 e. The van der Waals surface area contributed by atoms with E-state index in [9.17, 15) is 4.79 Å². The van der Waals surface area contributed by atoms with Crippen molar-refractivity contribution in [3.05, 3.63) is 83.2 Å². The molecule has 26 heavy (non-hydrogen) atoms. The minimum Gasteiger partial charge on any atom is -0.326 e. The molecular formula is C22H17N3O. The summed E-state index contributed by atoms with van der Waals surface area (Å²) in [5.74, 6) is 0.0657. The summed E-state index contributed by atoms with van der Waals surface area (Å²) in [5.41, 5.74) is 7.30. The van der Waals surface area contributed by atoms with Crippen molar-refractivity contribution in [1.82, 2.24) is 4.98 Å². The molecule has 1 aromatic heterocycles. The van der Waals surface area contributed by atoms with Gasteiger partial charge >= 0.3 is 0 Å². The predicted molar refractivity (Wildman–Crippen MR) is 101 cm³/mol. The molecule has 1 aliphatic heterocycles. The molecule has 0 aliphatic carbocycles. The molecule has 0 spiro atoms. The maximum absolute atomic E-state index is 11.8. The lowest BCUT2D eigenvalue weighted by Gasteiger charge is -2.23. The molecule has 0 radical (unpaired) electrons. The lowest BCUT2D eigenvalue weighted by Crippen LogP contribution is -2.20. The minimum absolute atomic E-state index is 0.0657. The highest BCUT2D eigenvalue weighted by atomic mass is 16.1. The van der Waals surface area contributed by atoms with Crippen molar-refractivity contribution in [2.45, 2.75) is 19.3 Å².